The van der Waals surface area contributed by atoms with E-state index in [-0.39, 0.29) is 12.2 Å². The van der Waals surface area contributed by atoms with E-state index in [1.807, 2.05) is 20.8 Å². The molecule has 0 aliphatic carbocycles. The Morgan fingerprint density at radius 1 is 1.28 bits per heavy atom. The number of nitrogens with zero attached hydrogens (tertiary/aromatic N) is 1. The lowest BCUT2D eigenvalue weighted by Gasteiger charge is -2.33. The monoisotopic (exact) mass is 416 g/mol. The highest BCUT2D eigenvalue weighted by atomic mass is 79.9. The number of likely N-dealkylation sites (tertiary alicyclic amines) is 1. The summed E-state index contributed by atoms with van der Waals surface area (Å²) in [5.74, 6) is -0.402. The highest BCUT2D eigenvalue weighted by Gasteiger charge is 2.28. The maximum Gasteiger partial charge on any atom is 0.411 e. The summed E-state index contributed by atoms with van der Waals surface area (Å²) in [5, 5.41) is 2.57. The van der Waals surface area contributed by atoms with Gasteiger partial charge in [0, 0.05) is 30.4 Å². The van der Waals surface area contributed by atoms with Crippen LogP contribution in [0.25, 0.3) is 0 Å². The molecule has 0 bridgehead atoms. The van der Waals surface area contributed by atoms with Crippen molar-refractivity contribution in [3.8, 4) is 0 Å². The van der Waals surface area contributed by atoms with E-state index >= 15 is 0 Å². The summed E-state index contributed by atoms with van der Waals surface area (Å²) in [4.78, 5) is 25.6. The lowest BCUT2D eigenvalue weighted by atomic mass is 10.1. The van der Waals surface area contributed by atoms with Crippen molar-refractivity contribution >= 4 is 33.8 Å². The van der Waals surface area contributed by atoms with Gasteiger partial charge in [0.1, 0.15) is 17.5 Å². The number of piperidine rings is 1. The first-order valence-electron chi connectivity index (χ1n) is 8.04. The van der Waals surface area contributed by atoms with Gasteiger partial charge >= 0.3 is 12.2 Å². The average molecular weight is 417 g/mol. The van der Waals surface area contributed by atoms with E-state index in [9.17, 15) is 14.0 Å². The Hall–Kier alpha value is -1.83. The maximum absolute atomic E-state index is 13.0. The molecule has 2 rings (SSSR count). The van der Waals surface area contributed by atoms with Crippen molar-refractivity contribution in [2.75, 3.05) is 18.4 Å². The average Bonchev–Trinajstić information content (AvgIpc) is 2.49. The minimum atomic E-state index is -0.608. The van der Waals surface area contributed by atoms with Gasteiger partial charge in [-0.05, 0) is 54.9 Å². The molecule has 1 aromatic carbocycles. The Morgan fingerprint density at radius 2 is 1.92 bits per heavy atom. The van der Waals surface area contributed by atoms with Gasteiger partial charge in [-0.1, -0.05) is 0 Å². The lowest BCUT2D eigenvalue weighted by Crippen LogP contribution is -2.44. The molecule has 25 heavy (non-hydrogen) atoms. The van der Waals surface area contributed by atoms with Gasteiger partial charge in [0.15, 0.2) is 0 Å². The number of rotatable bonds is 2. The molecule has 0 unspecified atom stereocenters. The van der Waals surface area contributed by atoms with Crippen molar-refractivity contribution in [3.63, 3.8) is 0 Å². The van der Waals surface area contributed by atoms with Crippen molar-refractivity contribution in [1.29, 1.82) is 0 Å². The van der Waals surface area contributed by atoms with Gasteiger partial charge in [-0.3, -0.25) is 5.32 Å². The Labute approximate surface area is 154 Å². The van der Waals surface area contributed by atoms with Crippen LogP contribution in [-0.2, 0) is 9.47 Å². The minimum absolute atomic E-state index is 0.280. The Kier molecular flexibility index (Phi) is 6.26. The van der Waals surface area contributed by atoms with Crippen molar-refractivity contribution in [1.82, 2.24) is 4.90 Å². The molecule has 1 aromatic rings. The second-order valence-electron chi connectivity index (χ2n) is 6.82. The fourth-order valence-corrected chi connectivity index (χ4v) is 2.81. The quantitative estimate of drug-likeness (QED) is 0.768. The Bertz CT molecular complexity index is 640. The second-order valence-corrected chi connectivity index (χ2v) is 7.68. The van der Waals surface area contributed by atoms with E-state index in [0.29, 0.717) is 36.1 Å². The van der Waals surface area contributed by atoms with Gasteiger partial charge in [-0.2, -0.15) is 0 Å². The van der Waals surface area contributed by atoms with Crippen molar-refractivity contribution < 1.29 is 23.5 Å². The molecular weight excluding hydrogens is 395 g/mol. The SMILES string of the molecule is CC(C)(C)OC(=O)N1CCC(OC(=O)Nc2ccc(F)cc2Br)CC1. The molecule has 0 spiro atoms. The van der Waals surface area contributed by atoms with Crippen molar-refractivity contribution in [2.24, 2.45) is 0 Å². The smallest absolute Gasteiger partial charge is 0.411 e. The first-order valence-corrected chi connectivity index (χ1v) is 8.84. The number of amides is 2. The highest BCUT2D eigenvalue weighted by molar-refractivity contribution is 9.10. The van der Waals surface area contributed by atoms with Gasteiger partial charge in [0.25, 0.3) is 0 Å². The molecule has 0 radical (unpaired) electrons. The summed E-state index contributed by atoms with van der Waals surface area (Å²) in [7, 11) is 0. The number of hydrogen-bond donors (Lipinski definition) is 1. The predicted molar refractivity (Wildman–Crippen MR) is 95.0 cm³/mol. The molecule has 8 heteroatoms. The third-order valence-electron chi connectivity index (χ3n) is 3.54. The van der Waals surface area contributed by atoms with E-state index in [0.717, 1.165) is 0 Å². The molecule has 1 aliphatic heterocycles. The fraction of sp³-hybridized carbons (Fsp3) is 0.529. The number of hydrogen-bond acceptors (Lipinski definition) is 4. The van der Waals surface area contributed by atoms with E-state index < -0.39 is 17.5 Å². The summed E-state index contributed by atoms with van der Waals surface area (Å²) in [6, 6.07) is 3.96. The Morgan fingerprint density at radius 3 is 2.48 bits per heavy atom. The number of nitrogens with one attached hydrogen (secondary N) is 1. The van der Waals surface area contributed by atoms with E-state index in [1.165, 1.54) is 18.2 Å². The summed E-state index contributed by atoms with van der Waals surface area (Å²) in [6.45, 7) is 6.39. The van der Waals surface area contributed by atoms with E-state index in [1.54, 1.807) is 4.90 Å². The first kappa shape index (κ1) is 19.5. The van der Waals surface area contributed by atoms with Crippen molar-refractivity contribution in [2.45, 2.75) is 45.3 Å². The van der Waals surface area contributed by atoms with Gasteiger partial charge in [-0.25, -0.2) is 14.0 Å². The van der Waals surface area contributed by atoms with E-state index in [2.05, 4.69) is 21.2 Å². The summed E-state index contributed by atoms with van der Waals surface area (Å²) < 4.78 is 24.2. The largest absolute Gasteiger partial charge is 0.446 e. The molecule has 2 amide bonds. The van der Waals surface area contributed by atoms with Crippen LogP contribution < -0.4 is 5.32 Å². The van der Waals surface area contributed by atoms with Gasteiger partial charge in [0.05, 0.1) is 5.69 Å². The van der Waals surface area contributed by atoms with Gasteiger partial charge in [0.2, 0.25) is 0 Å². The topological polar surface area (TPSA) is 67.9 Å². The molecule has 1 heterocycles. The second kappa shape index (κ2) is 8.03. The molecule has 6 nitrogen and oxygen atoms in total. The van der Waals surface area contributed by atoms with Gasteiger partial charge in [-0.15, -0.1) is 0 Å². The summed E-state index contributed by atoms with van der Waals surface area (Å²) in [5.41, 5.74) is -0.107. The maximum atomic E-state index is 13.0. The van der Waals surface area contributed by atoms with Crippen LogP contribution in [0.3, 0.4) is 0 Å². The number of carbonyl (C=O) groups is 2. The van der Waals surface area contributed by atoms with Crippen LogP contribution in [0.4, 0.5) is 19.7 Å². The highest BCUT2D eigenvalue weighted by Crippen LogP contribution is 2.24. The molecule has 1 aliphatic rings. The van der Waals surface area contributed by atoms with Crippen molar-refractivity contribution in [3.05, 3.63) is 28.5 Å². The molecule has 0 saturated carbocycles. The molecule has 138 valence electrons. The van der Waals surface area contributed by atoms with Crippen LogP contribution in [0.15, 0.2) is 22.7 Å². The zero-order valence-corrected chi connectivity index (χ0v) is 16.1. The molecular formula is C17H22BrFN2O4. The molecule has 1 saturated heterocycles. The number of carbonyl (C=O) groups excluding carboxylic acids is 2. The standard InChI is InChI=1S/C17H22BrFN2O4/c1-17(2,3)25-16(23)21-8-6-12(7-9-21)24-15(22)20-14-5-4-11(19)10-13(14)18/h4-5,10,12H,6-9H2,1-3H3,(H,20,22). The number of benzene rings is 1. The van der Waals surface area contributed by atoms with Crippen LogP contribution in [-0.4, -0.2) is 41.9 Å². The fourth-order valence-electron chi connectivity index (χ4n) is 2.36. The zero-order valence-electron chi connectivity index (χ0n) is 14.5. The lowest BCUT2D eigenvalue weighted by molar-refractivity contribution is 0.00794. The third kappa shape index (κ3) is 6.19. The molecule has 0 atom stereocenters. The third-order valence-corrected chi connectivity index (χ3v) is 4.19. The predicted octanol–water partition coefficient (Wildman–Crippen LogP) is 4.54. The first-order chi connectivity index (χ1) is 11.6. The van der Waals surface area contributed by atoms with E-state index in [4.69, 9.17) is 9.47 Å². The number of ether oxygens (including phenoxy) is 2. The van der Waals surface area contributed by atoms with Crippen LogP contribution in [0.5, 0.6) is 0 Å². The normalized spacial score (nSPS) is 15.6. The molecule has 0 aromatic heterocycles. The Balaban J connectivity index is 1.79. The summed E-state index contributed by atoms with van der Waals surface area (Å²) >= 11 is 3.18. The minimum Gasteiger partial charge on any atom is -0.446 e. The van der Waals surface area contributed by atoms with Crippen LogP contribution in [0, 0.1) is 5.82 Å². The summed E-state index contributed by atoms with van der Waals surface area (Å²) in [6.07, 6.45) is -0.166. The molecule has 1 fully saturated rings. The van der Waals surface area contributed by atoms with Crippen LogP contribution in [0.2, 0.25) is 0 Å². The molecule has 1 N–H and O–H groups in total. The van der Waals surface area contributed by atoms with Crippen LogP contribution >= 0.6 is 15.9 Å². The number of anilines is 1. The van der Waals surface area contributed by atoms with Gasteiger partial charge < -0.3 is 14.4 Å². The van der Waals surface area contributed by atoms with Crippen LogP contribution in [0.1, 0.15) is 33.6 Å². The zero-order chi connectivity index (χ0) is 18.6. The number of halogens is 2.